The van der Waals surface area contributed by atoms with Gasteiger partial charge in [-0.3, -0.25) is 0 Å². The first-order valence-electron chi connectivity index (χ1n) is 22.1. The first-order chi connectivity index (χ1) is 30.9. The highest BCUT2D eigenvalue weighted by Crippen LogP contribution is 2.34. The zero-order valence-electron chi connectivity index (χ0n) is 37.1. The van der Waals surface area contributed by atoms with E-state index in [4.69, 9.17) is 0 Å². The lowest BCUT2D eigenvalue weighted by Gasteiger charge is -2.15. The standard InChI is InChI=1S/C63H58/c1-6-8-12-23-48(4)49(5)40-58(63-45-61(44-62(46-63)55-30-17-11-18-31-55)52(21-7-2)32-20-25-50-24-19-22-47(3)39-50)34-33-51-41-59(54-28-15-10-16-29-54)43-60(42-51)57-37-35-56(36-38-57)53-26-13-9-14-27-53/h6-21,23-24,26-32,34-47H,1-2,22,25,33H2,3-5H3/b12-8-,32-20-,48-23+,49-40+,52-21+,58-34+. The largest absolute Gasteiger partial charge is 0.0991 e. The van der Waals surface area contributed by atoms with E-state index in [9.17, 15) is 0 Å². The zero-order valence-corrected chi connectivity index (χ0v) is 37.1. The highest BCUT2D eigenvalue weighted by Gasteiger charge is 2.12. The Hall–Kier alpha value is -7.28. The zero-order chi connectivity index (χ0) is 43.8. The van der Waals surface area contributed by atoms with Gasteiger partial charge in [-0.25, -0.2) is 0 Å². The predicted molar refractivity (Wildman–Crippen MR) is 276 cm³/mol. The summed E-state index contributed by atoms with van der Waals surface area (Å²) in [6.07, 6.45) is 31.0. The van der Waals surface area contributed by atoms with E-state index in [1.54, 1.807) is 0 Å². The molecule has 0 amide bonds. The molecule has 0 saturated heterocycles. The molecule has 0 heteroatoms. The molecule has 0 heterocycles. The van der Waals surface area contributed by atoms with Crippen LogP contribution in [0.2, 0.25) is 0 Å². The van der Waals surface area contributed by atoms with E-state index < -0.39 is 0 Å². The van der Waals surface area contributed by atoms with Crippen LogP contribution < -0.4 is 0 Å². The molecule has 1 unspecified atom stereocenters. The third kappa shape index (κ3) is 12.2. The number of benzene rings is 6. The molecular weight excluding hydrogens is 757 g/mol. The summed E-state index contributed by atoms with van der Waals surface area (Å²) in [5.41, 5.74) is 19.2. The summed E-state index contributed by atoms with van der Waals surface area (Å²) < 4.78 is 0. The second kappa shape index (κ2) is 22.0. The van der Waals surface area contributed by atoms with Gasteiger partial charge in [-0.15, -0.1) is 0 Å². The van der Waals surface area contributed by atoms with Crippen LogP contribution in [-0.2, 0) is 6.42 Å². The molecule has 6 aromatic carbocycles. The summed E-state index contributed by atoms with van der Waals surface area (Å²) in [4.78, 5) is 0. The fourth-order valence-corrected chi connectivity index (χ4v) is 8.02. The normalized spacial score (nSPS) is 14.9. The Morgan fingerprint density at radius 2 is 1.08 bits per heavy atom. The fraction of sp³-hybridized carbons (Fsp3) is 0.111. The van der Waals surface area contributed by atoms with Crippen LogP contribution in [0.25, 0.3) is 55.7 Å². The molecule has 0 saturated carbocycles. The van der Waals surface area contributed by atoms with Gasteiger partial charge in [0.25, 0.3) is 0 Å². The van der Waals surface area contributed by atoms with Gasteiger partial charge in [-0.2, -0.15) is 0 Å². The van der Waals surface area contributed by atoms with Crippen LogP contribution in [0.15, 0.2) is 261 Å². The van der Waals surface area contributed by atoms with E-state index in [-0.39, 0.29) is 0 Å². The second-order valence-corrected chi connectivity index (χ2v) is 16.4. The van der Waals surface area contributed by atoms with Gasteiger partial charge < -0.3 is 0 Å². The topological polar surface area (TPSA) is 0 Å². The summed E-state index contributed by atoms with van der Waals surface area (Å²) in [6, 6.07) is 55.0. The van der Waals surface area contributed by atoms with E-state index in [0.29, 0.717) is 5.92 Å². The summed E-state index contributed by atoms with van der Waals surface area (Å²) >= 11 is 0. The Labute approximate surface area is 377 Å². The number of hydrogen-bond acceptors (Lipinski definition) is 0. The number of rotatable bonds is 16. The highest BCUT2D eigenvalue weighted by atomic mass is 14.2. The van der Waals surface area contributed by atoms with Crippen molar-refractivity contribution in [1.82, 2.24) is 0 Å². The van der Waals surface area contributed by atoms with Crippen molar-refractivity contribution in [3.8, 4) is 44.5 Å². The van der Waals surface area contributed by atoms with Crippen LogP contribution in [0, 0.1) is 5.92 Å². The lowest BCUT2D eigenvalue weighted by molar-refractivity contribution is 0.726. The first-order valence-corrected chi connectivity index (χ1v) is 22.1. The van der Waals surface area contributed by atoms with E-state index in [1.165, 1.54) is 72.4 Å². The van der Waals surface area contributed by atoms with Gasteiger partial charge in [0.1, 0.15) is 0 Å². The van der Waals surface area contributed by atoms with Crippen LogP contribution in [0.5, 0.6) is 0 Å². The van der Waals surface area contributed by atoms with Gasteiger partial charge in [0.15, 0.2) is 0 Å². The molecule has 7 rings (SSSR count). The quantitative estimate of drug-likeness (QED) is 0.0854. The third-order valence-electron chi connectivity index (χ3n) is 11.6. The molecule has 0 fully saturated rings. The molecule has 0 spiro atoms. The summed E-state index contributed by atoms with van der Waals surface area (Å²) in [5.74, 6) is 0.573. The van der Waals surface area contributed by atoms with Crippen molar-refractivity contribution in [2.45, 2.75) is 40.0 Å². The van der Waals surface area contributed by atoms with Crippen molar-refractivity contribution in [2.24, 2.45) is 5.92 Å². The van der Waals surface area contributed by atoms with Crippen molar-refractivity contribution in [1.29, 1.82) is 0 Å². The van der Waals surface area contributed by atoms with Gasteiger partial charge in [-0.1, -0.05) is 226 Å². The van der Waals surface area contributed by atoms with E-state index in [1.807, 2.05) is 18.2 Å². The lowest BCUT2D eigenvalue weighted by Crippen LogP contribution is -1.94. The highest BCUT2D eigenvalue weighted by molar-refractivity contribution is 5.86. The minimum atomic E-state index is 0.573. The SMILES string of the molecule is C=C\C=C/C=C(C)/C(C)=C/C(=C\Cc1cc(-c2ccccc2)cc(-c2ccc(-c3ccccc3)cc2)c1)c1cc(C(/C=C\CC2=CC(C)CC=C2)=C/C=C)cc(-c2ccccc2)c1. The van der Waals surface area contributed by atoms with Crippen molar-refractivity contribution >= 4 is 11.1 Å². The molecule has 0 aromatic heterocycles. The molecule has 310 valence electrons. The smallest absolute Gasteiger partial charge is 0.00878 e. The molecular formula is C63H58. The van der Waals surface area contributed by atoms with Crippen LogP contribution in [0.3, 0.4) is 0 Å². The molecule has 0 nitrogen and oxygen atoms in total. The van der Waals surface area contributed by atoms with Gasteiger partial charge >= 0.3 is 0 Å². The molecule has 6 aromatic rings. The Morgan fingerprint density at radius 1 is 0.540 bits per heavy atom. The summed E-state index contributed by atoms with van der Waals surface area (Å²) in [5, 5.41) is 0. The van der Waals surface area contributed by atoms with Crippen LogP contribution >= 0.6 is 0 Å². The molecule has 1 aliphatic carbocycles. The maximum atomic E-state index is 4.13. The third-order valence-corrected chi connectivity index (χ3v) is 11.6. The Balaban J connectivity index is 1.34. The van der Waals surface area contributed by atoms with E-state index in [2.05, 4.69) is 246 Å². The minimum Gasteiger partial charge on any atom is -0.0991 e. The van der Waals surface area contributed by atoms with Gasteiger partial charge in [0.05, 0.1) is 0 Å². The first kappa shape index (κ1) is 43.8. The predicted octanol–water partition coefficient (Wildman–Crippen LogP) is 17.7. The Bertz CT molecular complexity index is 2760. The molecule has 0 N–H and O–H groups in total. The molecule has 0 bridgehead atoms. The van der Waals surface area contributed by atoms with Crippen LogP contribution in [0.4, 0.5) is 0 Å². The second-order valence-electron chi connectivity index (χ2n) is 16.4. The average Bonchev–Trinajstić information content (AvgIpc) is 3.33. The molecule has 1 atom stereocenters. The molecule has 63 heavy (non-hydrogen) atoms. The number of allylic oxidation sites excluding steroid dienone is 18. The Morgan fingerprint density at radius 3 is 1.65 bits per heavy atom. The van der Waals surface area contributed by atoms with Gasteiger partial charge in [0.2, 0.25) is 0 Å². The Kier molecular flexibility index (Phi) is 15.3. The lowest BCUT2D eigenvalue weighted by atomic mass is 9.90. The fourth-order valence-electron chi connectivity index (χ4n) is 8.02. The van der Waals surface area contributed by atoms with Crippen LogP contribution in [0.1, 0.15) is 50.3 Å². The van der Waals surface area contributed by atoms with Crippen molar-refractivity contribution in [3.05, 3.63) is 277 Å². The van der Waals surface area contributed by atoms with Gasteiger partial charge in [-0.05, 0) is 152 Å². The summed E-state index contributed by atoms with van der Waals surface area (Å²) in [7, 11) is 0. The monoisotopic (exact) mass is 814 g/mol. The van der Waals surface area contributed by atoms with E-state index >= 15 is 0 Å². The van der Waals surface area contributed by atoms with Gasteiger partial charge in [0, 0.05) is 0 Å². The van der Waals surface area contributed by atoms with Crippen LogP contribution in [-0.4, -0.2) is 0 Å². The molecule has 0 aliphatic heterocycles. The minimum absolute atomic E-state index is 0.573. The van der Waals surface area contributed by atoms with Crippen molar-refractivity contribution in [3.63, 3.8) is 0 Å². The maximum Gasteiger partial charge on any atom is -0.00878 e. The van der Waals surface area contributed by atoms with Crippen molar-refractivity contribution < 1.29 is 0 Å². The average molecular weight is 815 g/mol. The molecule has 0 radical (unpaired) electrons. The van der Waals surface area contributed by atoms with E-state index in [0.717, 1.165) is 36.0 Å². The van der Waals surface area contributed by atoms with Crippen molar-refractivity contribution in [2.75, 3.05) is 0 Å². The summed E-state index contributed by atoms with van der Waals surface area (Å²) in [6.45, 7) is 14.7. The number of hydrogen-bond donors (Lipinski definition) is 0. The molecule has 1 aliphatic rings. The maximum absolute atomic E-state index is 4.13.